The summed E-state index contributed by atoms with van der Waals surface area (Å²) in [5, 5.41) is 5.01. The van der Waals surface area contributed by atoms with Gasteiger partial charge >= 0.3 is 0 Å². The van der Waals surface area contributed by atoms with E-state index in [2.05, 4.69) is 182 Å². The van der Waals surface area contributed by atoms with Crippen molar-refractivity contribution in [3.8, 4) is 0 Å². The zero-order chi connectivity index (χ0) is 28.1. The Morgan fingerprint density at radius 1 is 0.310 bits per heavy atom. The molecule has 0 N–H and O–H groups in total. The van der Waals surface area contributed by atoms with Crippen LogP contribution in [0.1, 0.15) is 33.4 Å². The minimum atomic E-state index is 1.19. The summed E-state index contributed by atoms with van der Waals surface area (Å²) < 4.78 is 0. The van der Waals surface area contributed by atoms with Crippen molar-refractivity contribution in [3.63, 3.8) is 0 Å². The third-order valence-electron chi connectivity index (χ3n) is 7.85. The first-order valence-electron chi connectivity index (χ1n) is 14.4. The van der Waals surface area contributed by atoms with Crippen molar-refractivity contribution in [2.24, 2.45) is 0 Å². The van der Waals surface area contributed by atoms with Crippen LogP contribution in [0.5, 0.6) is 0 Å². The van der Waals surface area contributed by atoms with Crippen molar-refractivity contribution in [2.75, 3.05) is 0 Å². The zero-order valence-corrected chi connectivity index (χ0v) is 23.3. The molecule has 0 fully saturated rings. The normalized spacial score (nSPS) is 10.9. The van der Waals surface area contributed by atoms with Gasteiger partial charge in [-0.2, -0.15) is 0 Å². The largest absolute Gasteiger partial charge is 0.0622 e. The van der Waals surface area contributed by atoms with Crippen molar-refractivity contribution < 1.29 is 0 Å². The molecular formula is C42H30. The summed E-state index contributed by atoms with van der Waals surface area (Å²) in [6.07, 6.45) is 4.63. The van der Waals surface area contributed by atoms with Crippen molar-refractivity contribution in [2.45, 2.75) is 0 Å². The smallest absolute Gasteiger partial charge is 0.00992 e. The lowest BCUT2D eigenvalue weighted by atomic mass is 9.93. The molecule has 0 spiro atoms. The van der Waals surface area contributed by atoms with Crippen LogP contribution in [0.4, 0.5) is 0 Å². The van der Waals surface area contributed by atoms with E-state index in [0.29, 0.717) is 0 Å². The maximum atomic E-state index is 2.34. The van der Waals surface area contributed by atoms with Crippen LogP contribution in [0.25, 0.3) is 44.8 Å². The number of hydrogen-bond acceptors (Lipinski definition) is 0. The van der Waals surface area contributed by atoms with Gasteiger partial charge in [-0.1, -0.05) is 158 Å². The Labute approximate surface area is 247 Å². The molecule has 0 unspecified atom stereocenters. The van der Waals surface area contributed by atoms with E-state index < -0.39 is 0 Å². The second kappa shape index (κ2) is 11.6. The van der Waals surface area contributed by atoms with Gasteiger partial charge in [-0.25, -0.2) is 0 Å². The van der Waals surface area contributed by atoms with E-state index in [1.54, 1.807) is 0 Å². The molecule has 7 rings (SSSR count). The summed E-state index contributed by atoms with van der Waals surface area (Å²) in [6.45, 7) is 0. The molecule has 0 aliphatic carbocycles. The van der Waals surface area contributed by atoms with Gasteiger partial charge in [0, 0.05) is 0 Å². The highest BCUT2D eigenvalue weighted by molar-refractivity contribution is 6.09. The Balaban J connectivity index is 1.38. The molecule has 42 heavy (non-hydrogen) atoms. The minimum absolute atomic E-state index is 1.19. The lowest BCUT2D eigenvalue weighted by molar-refractivity contribution is 1.55. The fraction of sp³-hybridized carbons (Fsp3) is 0. The summed E-state index contributed by atoms with van der Waals surface area (Å²) >= 11 is 0. The van der Waals surface area contributed by atoms with Gasteiger partial charge in [0.05, 0.1) is 0 Å². The van der Waals surface area contributed by atoms with Crippen LogP contribution < -0.4 is 0 Å². The third-order valence-corrected chi connectivity index (χ3v) is 7.85. The van der Waals surface area contributed by atoms with E-state index in [1.165, 1.54) is 66.1 Å². The highest BCUT2D eigenvalue weighted by Gasteiger charge is 2.09. The minimum Gasteiger partial charge on any atom is -0.0622 e. The molecule has 0 aromatic heterocycles. The zero-order valence-electron chi connectivity index (χ0n) is 23.3. The summed E-state index contributed by atoms with van der Waals surface area (Å²) in [4.78, 5) is 0. The van der Waals surface area contributed by atoms with Crippen molar-refractivity contribution in [3.05, 3.63) is 203 Å². The number of fused-ring (bicyclic) bond motifs is 3. The first kappa shape index (κ1) is 25.5. The molecule has 7 aromatic carbocycles. The molecular weight excluding hydrogens is 504 g/mol. The van der Waals surface area contributed by atoms with E-state index in [4.69, 9.17) is 0 Å². The first-order valence-corrected chi connectivity index (χ1v) is 14.4. The van der Waals surface area contributed by atoms with E-state index in [1.807, 2.05) is 0 Å². The maximum absolute atomic E-state index is 2.34. The van der Waals surface area contributed by atoms with Crippen LogP contribution in [-0.4, -0.2) is 0 Å². The molecule has 0 bridgehead atoms. The van der Waals surface area contributed by atoms with Gasteiger partial charge in [0.15, 0.2) is 0 Å². The van der Waals surface area contributed by atoms with E-state index >= 15 is 0 Å². The molecule has 0 atom stereocenters. The summed E-state index contributed by atoms with van der Waals surface area (Å²) in [7, 11) is 0. The van der Waals surface area contributed by atoms with Crippen LogP contribution in [0.3, 0.4) is 0 Å². The van der Waals surface area contributed by atoms with Crippen LogP contribution >= 0.6 is 0 Å². The van der Waals surface area contributed by atoms with Crippen LogP contribution in [0.2, 0.25) is 0 Å². The topological polar surface area (TPSA) is 0 Å². The molecule has 0 heterocycles. The molecule has 0 nitrogen and oxygen atoms in total. The van der Waals surface area contributed by atoms with Gasteiger partial charge < -0.3 is 0 Å². The molecule has 0 aliphatic heterocycles. The Morgan fingerprint density at radius 3 is 0.905 bits per heavy atom. The van der Waals surface area contributed by atoms with Gasteiger partial charge in [0.25, 0.3) is 0 Å². The van der Waals surface area contributed by atoms with Crippen LogP contribution in [0, 0.1) is 0 Å². The standard InChI is InChI=1S/C42H30/c1-5-13-33(14-6-1)39(34-15-7-2-8-16-34)27-31-21-23-37-25-26-38-24-22-32(30-42(38)41(37)29-31)28-40(35-17-9-3-10-18-35)36-19-11-4-12-20-36/h1-30H. The quantitative estimate of drug-likeness (QED) is 0.147. The van der Waals surface area contributed by atoms with Gasteiger partial charge in [0.1, 0.15) is 0 Å². The fourth-order valence-electron chi connectivity index (χ4n) is 5.73. The van der Waals surface area contributed by atoms with Gasteiger partial charge in [-0.05, 0) is 90.4 Å². The summed E-state index contributed by atoms with van der Waals surface area (Å²) in [6, 6.07) is 60.7. The number of benzene rings is 7. The van der Waals surface area contributed by atoms with E-state index in [9.17, 15) is 0 Å². The Morgan fingerprint density at radius 2 is 0.595 bits per heavy atom. The van der Waals surface area contributed by atoms with Crippen LogP contribution in [0.15, 0.2) is 170 Å². The van der Waals surface area contributed by atoms with Gasteiger partial charge in [-0.3, -0.25) is 0 Å². The van der Waals surface area contributed by atoms with Crippen molar-refractivity contribution in [1.82, 2.24) is 0 Å². The molecule has 0 saturated carbocycles. The lowest BCUT2D eigenvalue weighted by Gasteiger charge is -2.11. The predicted octanol–water partition coefficient (Wildman–Crippen LogP) is 11.2. The molecule has 198 valence electrons. The average molecular weight is 535 g/mol. The summed E-state index contributed by atoms with van der Waals surface area (Å²) in [5.74, 6) is 0. The monoisotopic (exact) mass is 534 g/mol. The molecule has 7 aromatic rings. The fourth-order valence-corrected chi connectivity index (χ4v) is 5.73. The second-order valence-corrected chi connectivity index (χ2v) is 10.6. The Hall–Kier alpha value is -5.46. The number of hydrogen-bond donors (Lipinski definition) is 0. The van der Waals surface area contributed by atoms with E-state index in [0.717, 1.165) is 0 Å². The first-order chi connectivity index (χ1) is 20.8. The maximum Gasteiger partial charge on any atom is -0.00992 e. The molecule has 0 saturated heterocycles. The Bertz CT molecular complexity index is 1800. The molecule has 0 radical (unpaired) electrons. The average Bonchev–Trinajstić information content (AvgIpc) is 3.07. The SMILES string of the molecule is C(=C(c1ccccc1)c1ccccc1)c1ccc2ccc3ccc(C=C(c4ccccc4)c4ccccc4)cc3c2c1. The second-order valence-electron chi connectivity index (χ2n) is 10.6. The lowest BCUT2D eigenvalue weighted by Crippen LogP contribution is -1.89. The predicted molar refractivity (Wildman–Crippen MR) is 181 cm³/mol. The molecule has 0 amide bonds. The molecule has 0 aliphatic rings. The third kappa shape index (κ3) is 5.31. The highest BCUT2D eigenvalue weighted by Crippen LogP contribution is 2.32. The van der Waals surface area contributed by atoms with Crippen molar-refractivity contribution in [1.29, 1.82) is 0 Å². The van der Waals surface area contributed by atoms with Gasteiger partial charge in [-0.15, -0.1) is 0 Å². The Kier molecular flexibility index (Phi) is 7.02. The highest BCUT2D eigenvalue weighted by atomic mass is 14.1. The van der Waals surface area contributed by atoms with Gasteiger partial charge in [0.2, 0.25) is 0 Å². The molecule has 0 heteroatoms. The number of rotatable bonds is 6. The van der Waals surface area contributed by atoms with Crippen LogP contribution in [-0.2, 0) is 0 Å². The summed E-state index contributed by atoms with van der Waals surface area (Å²) in [5.41, 5.74) is 9.66. The van der Waals surface area contributed by atoms with E-state index in [-0.39, 0.29) is 0 Å². The van der Waals surface area contributed by atoms with Crippen molar-refractivity contribution >= 4 is 44.8 Å².